The molecule has 19 nitrogen and oxygen atoms in total. The number of carbonyl (C=O) groups is 1. The molecule has 3 saturated heterocycles. The number of unbranched alkanes of at least 4 members (excludes halogenated alkanes) is 48. The molecule has 0 bridgehead atoms. The average Bonchev–Trinajstić information content (AvgIpc) is 0.787. The Kier molecular flexibility index (Phi) is 54.5. The zero-order valence-corrected chi connectivity index (χ0v) is 60.6. The second kappa shape index (κ2) is 59.0. The quantitative estimate of drug-likeness (QED) is 0.0199. The van der Waals surface area contributed by atoms with Gasteiger partial charge in [0.1, 0.15) is 73.2 Å². The van der Waals surface area contributed by atoms with E-state index in [1.807, 2.05) is 6.08 Å². The van der Waals surface area contributed by atoms with E-state index in [9.17, 15) is 61.0 Å². The molecular formula is C77H147NO18. The van der Waals surface area contributed by atoms with Crippen LogP contribution in [0.25, 0.3) is 0 Å². The Morgan fingerprint density at radius 1 is 0.365 bits per heavy atom. The highest BCUT2D eigenvalue weighted by molar-refractivity contribution is 5.76. The molecule has 0 radical (unpaired) electrons. The van der Waals surface area contributed by atoms with Gasteiger partial charge < -0.3 is 89.9 Å². The molecule has 3 aliphatic heterocycles. The van der Waals surface area contributed by atoms with Gasteiger partial charge in [-0.25, -0.2) is 0 Å². The summed E-state index contributed by atoms with van der Waals surface area (Å²) in [5, 5.41) is 121. The summed E-state index contributed by atoms with van der Waals surface area (Å²) in [6.45, 7) is 1.79. The molecule has 0 aromatic rings. The zero-order chi connectivity index (χ0) is 69.6. The lowest BCUT2D eigenvalue weighted by molar-refractivity contribution is -0.379. The number of nitrogens with one attached hydrogen (secondary N) is 1. The van der Waals surface area contributed by atoms with Gasteiger partial charge in [-0.15, -0.1) is 0 Å². The number of hydrogen-bond donors (Lipinski definition) is 12. The van der Waals surface area contributed by atoms with E-state index >= 15 is 0 Å². The summed E-state index contributed by atoms with van der Waals surface area (Å²) < 4.78 is 34.4. The first-order valence-corrected chi connectivity index (χ1v) is 39.9. The summed E-state index contributed by atoms with van der Waals surface area (Å²) in [6, 6.07) is -0.969. The topological polar surface area (TPSA) is 307 Å². The molecule has 3 rings (SSSR count). The smallest absolute Gasteiger partial charge is 0.220 e. The molecule has 0 aromatic carbocycles. The monoisotopic (exact) mass is 1370 g/mol. The van der Waals surface area contributed by atoms with Crippen molar-refractivity contribution in [1.82, 2.24) is 5.32 Å². The van der Waals surface area contributed by atoms with Crippen molar-refractivity contribution in [3.63, 3.8) is 0 Å². The van der Waals surface area contributed by atoms with Gasteiger partial charge in [-0.1, -0.05) is 328 Å². The van der Waals surface area contributed by atoms with Gasteiger partial charge in [0.15, 0.2) is 18.9 Å². The standard InChI is InChI=1S/C77H147NO18/c1-3-5-7-9-11-13-15-17-19-21-22-23-24-25-26-27-28-29-30-31-32-33-34-35-36-37-39-41-43-45-47-49-51-53-55-65(83)78-60(61(82)54-52-50-48-46-44-42-40-38-20-18-16-14-12-10-8-6-4-2)59-91-75-71(89)68(86)73(63(57-80)93-75)96-77-72(90)69(87)74(64(58-81)94-77)95-76-70(88)67(85)66(84)62(56-79)92-76/h52,54,60-64,66-77,79-82,84-90H,3-51,53,55-59H2,1-2H3,(H,78,83)/b54-52+. The lowest BCUT2D eigenvalue weighted by Crippen LogP contribution is -2.66. The number of rotatable bonds is 64. The molecule has 17 unspecified atom stereocenters. The highest BCUT2D eigenvalue weighted by atomic mass is 16.8. The Morgan fingerprint density at radius 2 is 0.646 bits per heavy atom. The Hall–Kier alpha value is -1.47. The van der Waals surface area contributed by atoms with Gasteiger partial charge in [-0.2, -0.15) is 0 Å². The first kappa shape index (κ1) is 88.7. The summed E-state index contributed by atoms with van der Waals surface area (Å²) in [5.74, 6) is -0.267. The Labute approximate surface area is 582 Å². The van der Waals surface area contributed by atoms with Gasteiger partial charge in [0.2, 0.25) is 5.91 Å². The van der Waals surface area contributed by atoms with Crippen molar-refractivity contribution in [3.8, 4) is 0 Å². The third kappa shape index (κ3) is 39.3. The van der Waals surface area contributed by atoms with E-state index in [4.69, 9.17) is 28.4 Å². The largest absolute Gasteiger partial charge is 0.394 e. The minimum absolute atomic E-state index is 0.250. The van der Waals surface area contributed by atoms with Crippen molar-refractivity contribution in [1.29, 1.82) is 0 Å². The summed E-state index contributed by atoms with van der Waals surface area (Å²) >= 11 is 0. The molecule has 568 valence electrons. The number of aliphatic hydroxyl groups excluding tert-OH is 11. The predicted octanol–water partition coefficient (Wildman–Crippen LogP) is 12.8. The summed E-state index contributed by atoms with van der Waals surface area (Å²) in [6.07, 6.45) is 42.2. The lowest BCUT2D eigenvalue weighted by Gasteiger charge is -2.48. The maximum atomic E-state index is 13.5. The molecule has 1 amide bonds. The first-order valence-electron chi connectivity index (χ1n) is 39.9. The number of aliphatic hydroxyl groups is 11. The van der Waals surface area contributed by atoms with Crippen molar-refractivity contribution < 1.29 is 89.4 Å². The summed E-state index contributed by atoms with van der Waals surface area (Å²) in [7, 11) is 0. The first-order chi connectivity index (χ1) is 46.8. The summed E-state index contributed by atoms with van der Waals surface area (Å²) in [5.41, 5.74) is 0. The van der Waals surface area contributed by atoms with Gasteiger partial charge in [0.05, 0.1) is 38.6 Å². The highest BCUT2D eigenvalue weighted by Gasteiger charge is 2.54. The van der Waals surface area contributed by atoms with Crippen molar-refractivity contribution in [2.45, 2.75) is 446 Å². The van der Waals surface area contributed by atoms with Gasteiger partial charge in [-0.3, -0.25) is 4.79 Å². The fourth-order valence-corrected chi connectivity index (χ4v) is 13.9. The number of ether oxygens (including phenoxy) is 6. The van der Waals surface area contributed by atoms with Crippen LogP contribution in [0.5, 0.6) is 0 Å². The van der Waals surface area contributed by atoms with Crippen LogP contribution < -0.4 is 5.32 Å². The second-order valence-corrected chi connectivity index (χ2v) is 28.9. The second-order valence-electron chi connectivity index (χ2n) is 28.9. The minimum atomic E-state index is -1.98. The van der Waals surface area contributed by atoms with E-state index < -0.39 is 124 Å². The van der Waals surface area contributed by atoms with Crippen LogP contribution in [0.1, 0.15) is 341 Å². The van der Waals surface area contributed by atoms with Crippen LogP contribution in [0.15, 0.2) is 12.2 Å². The van der Waals surface area contributed by atoms with Crippen LogP contribution >= 0.6 is 0 Å². The van der Waals surface area contributed by atoms with E-state index in [1.54, 1.807) is 6.08 Å². The molecule has 0 aromatic heterocycles. The third-order valence-electron chi connectivity index (χ3n) is 20.3. The number of amides is 1. The van der Waals surface area contributed by atoms with Crippen LogP contribution in [0.3, 0.4) is 0 Å². The SMILES string of the molecule is CCCCCCCCCCCCCCCCC/C=C/C(O)C(COC1OC(CO)C(OC2OC(CO)C(OC3OC(CO)C(O)C(O)C3O)C(O)C2O)C(O)C1O)NC(=O)CCCCCCCCCCCCCCCCCCCCCCCCCCCCCCCCCCCC. The molecule has 0 spiro atoms. The Bertz CT molecular complexity index is 1790. The van der Waals surface area contributed by atoms with Crippen LogP contribution in [0.2, 0.25) is 0 Å². The van der Waals surface area contributed by atoms with Crippen molar-refractivity contribution in [2.75, 3.05) is 26.4 Å². The van der Waals surface area contributed by atoms with Crippen LogP contribution in [-0.2, 0) is 33.2 Å². The normalized spacial score (nSPS) is 27.0. The maximum absolute atomic E-state index is 13.5. The molecular weight excluding hydrogens is 1230 g/mol. The Morgan fingerprint density at radius 3 is 0.979 bits per heavy atom. The lowest BCUT2D eigenvalue weighted by atomic mass is 9.96. The van der Waals surface area contributed by atoms with Crippen LogP contribution in [-0.4, -0.2) is 193 Å². The molecule has 3 aliphatic rings. The molecule has 3 heterocycles. The zero-order valence-electron chi connectivity index (χ0n) is 60.6. The number of carbonyl (C=O) groups excluding carboxylic acids is 1. The predicted molar refractivity (Wildman–Crippen MR) is 379 cm³/mol. The molecule has 17 atom stereocenters. The van der Waals surface area contributed by atoms with Crippen LogP contribution in [0, 0.1) is 0 Å². The van der Waals surface area contributed by atoms with Gasteiger partial charge in [0.25, 0.3) is 0 Å². The molecule has 0 saturated carbocycles. The minimum Gasteiger partial charge on any atom is -0.394 e. The molecule has 19 heteroatoms. The number of hydrogen-bond acceptors (Lipinski definition) is 18. The number of allylic oxidation sites excluding steroid dienone is 1. The van der Waals surface area contributed by atoms with Gasteiger partial charge in [-0.05, 0) is 19.3 Å². The van der Waals surface area contributed by atoms with E-state index in [-0.39, 0.29) is 18.9 Å². The third-order valence-corrected chi connectivity index (χ3v) is 20.3. The maximum Gasteiger partial charge on any atom is 0.220 e. The fourth-order valence-electron chi connectivity index (χ4n) is 13.9. The highest BCUT2D eigenvalue weighted by Crippen LogP contribution is 2.33. The fraction of sp³-hybridized carbons (Fsp3) is 0.961. The Balaban J connectivity index is 1.33. The molecule has 96 heavy (non-hydrogen) atoms. The van der Waals surface area contributed by atoms with Gasteiger partial charge in [0, 0.05) is 6.42 Å². The van der Waals surface area contributed by atoms with E-state index in [1.165, 1.54) is 270 Å². The van der Waals surface area contributed by atoms with E-state index in [0.29, 0.717) is 6.42 Å². The van der Waals surface area contributed by atoms with Crippen molar-refractivity contribution in [3.05, 3.63) is 12.2 Å². The summed E-state index contributed by atoms with van der Waals surface area (Å²) in [4.78, 5) is 13.5. The van der Waals surface area contributed by atoms with Gasteiger partial charge >= 0.3 is 0 Å². The van der Waals surface area contributed by atoms with E-state index in [2.05, 4.69) is 19.2 Å². The molecule has 0 aliphatic carbocycles. The molecule has 12 N–H and O–H groups in total. The van der Waals surface area contributed by atoms with E-state index in [0.717, 1.165) is 44.9 Å². The van der Waals surface area contributed by atoms with Crippen molar-refractivity contribution >= 4 is 5.91 Å². The molecule has 3 fully saturated rings. The van der Waals surface area contributed by atoms with Crippen LogP contribution in [0.4, 0.5) is 0 Å². The average molecular weight is 1380 g/mol. The van der Waals surface area contributed by atoms with Crippen molar-refractivity contribution in [2.24, 2.45) is 0 Å².